The molecule has 0 unspecified atom stereocenters. The van der Waals surface area contributed by atoms with Gasteiger partial charge in [-0.3, -0.25) is 4.79 Å². The van der Waals surface area contributed by atoms with E-state index in [1.165, 1.54) is 24.1 Å². The van der Waals surface area contributed by atoms with Crippen molar-refractivity contribution in [2.75, 3.05) is 20.2 Å². The van der Waals surface area contributed by atoms with Crippen LogP contribution >= 0.6 is 0 Å². The maximum Gasteiger partial charge on any atom is 0.335 e. The van der Waals surface area contributed by atoms with E-state index >= 15 is 0 Å². The number of likely N-dealkylation sites (tertiary alicyclic amines) is 1. The van der Waals surface area contributed by atoms with Crippen LogP contribution in [-0.4, -0.2) is 52.8 Å². The van der Waals surface area contributed by atoms with Crippen LogP contribution in [0.2, 0.25) is 0 Å². The summed E-state index contributed by atoms with van der Waals surface area (Å²) in [5, 5.41) is 18.8. The van der Waals surface area contributed by atoms with E-state index < -0.39 is 17.4 Å². The number of aryl methyl sites for hydroxylation is 1. The summed E-state index contributed by atoms with van der Waals surface area (Å²) in [5.41, 5.74) is -1.05. The molecule has 1 aliphatic rings. The Bertz CT molecular complexity index is 596. The lowest BCUT2D eigenvalue weighted by molar-refractivity contribution is -0.165. The van der Waals surface area contributed by atoms with E-state index in [-0.39, 0.29) is 44.0 Å². The van der Waals surface area contributed by atoms with E-state index in [0.717, 1.165) is 0 Å². The van der Waals surface area contributed by atoms with Crippen molar-refractivity contribution in [1.29, 1.82) is 0 Å². The number of methoxy groups -OCH3 is 1. The number of hydrogen-bond donors (Lipinski definition) is 2. The average molecular weight is 325 g/mol. The molecular formula is C16H20FNO5. The Morgan fingerprint density at radius 1 is 1.35 bits per heavy atom. The van der Waals surface area contributed by atoms with Gasteiger partial charge in [-0.1, -0.05) is 6.07 Å². The minimum absolute atomic E-state index is 0.0191. The normalized spacial score (nSPS) is 16.9. The van der Waals surface area contributed by atoms with E-state index in [0.29, 0.717) is 12.0 Å². The van der Waals surface area contributed by atoms with Crippen molar-refractivity contribution in [2.24, 2.45) is 0 Å². The highest BCUT2D eigenvalue weighted by Gasteiger charge is 2.40. The molecule has 1 amide bonds. The maximum atomic E-state index is 13.6. The number of benzene rings is 1. The Labute approximate surface area is 133 Å². The number of piperidine rings is 1. The van der Waals surface area contributed by atoms with Gasteiger partial charge in [0.05, 0.1) is 7.11 Å². The van der Waals surface area contributed by atoms with Gasteiger partial charge in [-0.25, -0.2) is 9.18 Å². The number of hydrogen-bond acceptors (Lipinski definition) is 4. The number of halogens is 1. The topological polar surface area (TPSA) is 87.1 Å². The number of aliphatic hydroxyl groups is 1. The predicted octanol–water partition coefficient (Wildman–Crippen LogP) is 1.21. The minimum Gasteiger partial charge on any atom is -0.494 e. The molecule has 23 heavy (non-hydrogen) atoms. The van der Waals surface area contributed by atoms with E-state index in [4.69, 9.17) is 9.84 Å². The highest BCUT2D eigenvalue weighted by Crippen LogP contribution is 2.23. The molecule has 1 aliphatic heterocycles. The summed E-state index contributed by atoms with van der Waals surface area (Å²) in [6, 6.07) is 4.56. The van der Waals surface area contributed by atoms with Gasteiger partial charge in [0.25, 0.3) is 0 Å². The molecule has 1 heterocycles. The zero-order chi connectivity index (χ0) is 17.0. The fourth-order valence-corrected chi connectivity index (χ4v) is 2.61. The number of carboxylic acid groups (broad SMARTS) is 1. The minimum atomic E-state index is -1.74. The number of ether oxygens (including phenoxy) is 1. The molecule has 126 valence electrons. The molecule has 7 heteroatoms. The van der Waals surface area contributed by atoms with Crippen molar-refractivity contribution >= 4 is 11.9 Å². The summed E-state index contributed by atoms with van der Waals surface area (Å²) in [5.74, 6) is -1.70. The van der Waals surface area contributed by atoms with Crippen molar-refractivity contribution < 1.29 is 28.9 Å². The summed E-state index contributed by atoms with van der Waals surface area (Å²) < 4.78 is 18.4. The van der Waals surface area contributed by atoms with Crippen molar-refractivity contribution in [2.45, 2.75) is 31.3 Å². The Morgan fingerprint density at radius 2 is 2.00 bits per heavy atom. The molecule has 2 rings (SSSR count). The van der Waals surface area contributed by atoms with Gasteiger partial charge in [0.1, 0.15) is 0 Å². The summed E-state index contributed by atoms with van der Waals surface area (Å²) in [4.78, 5) is 24.6. The molecule has 2 N–H and O–H groups in total. The largest absolute Gasteiger partial charge is 0.494 e. The number of amides is 1. The quantitative estimate of drug-likeness (QED) is 0.849. The first-order valence-corrected chi connectivity index (χ1v) is 7.42. The lowest BCUT2D eigenvalue weighted by Gasteiger charge is -2.35. The standard InChI is InChI=1S/C16H20FNO5/c1-23-13-4-2-11(10-12(13)17)3-5-14(19)18-8-6-16(22,7-9-18)15(20)21/h2,4,10,22H,3,5-9H2,1H3,(H,20,21). The van der Waals surface area contributed by atoms with Crippen LogP contribution in [0.5, 0.6) is 5.75 Å². The summed E-state index contributed by atoms with van der Waals surface area (Å²) in [6.45, 7) is 0.414. The third-order valence-corrected chi connectivity index (χ3v) is 4.19. The summed E-state index contributed by atoms with van der Waals surface area (Å²) >= 11 is 0. The molecule has 1 aromatic rings. The van der Waals surface area contributed by atoms with Crippen LogP contribution in [0.25, 0.3) is 0 Å². The highest BCUT2D eigenvalue weighted by atomic mass is 19.1. The van der Waals surface area contributed by atoms with Crippen LogP contribution < -0.4 is 4.74 Å². The zero-order valence-corrected chi connectivity index (χ0v) is 12.9. The Morgan fingerprint density at radius 3 is 2.52 bits per heavy atom. The third-order valence-electron chi connectivity index (χ3n) is 4.19. The van der Waals surface area contributed by atoms with Crippen molar-refractivity contribution in [3.63, 3.8) is 0 Å². The average Bonchev–Trinajstić information content (AvgIpc) is 2.53. The number of aliphatic carboxylic acids is 1. The van der Waals surface area contributed by atoms with Crippen LogP contribution in [0.1, 0.15) is 24.8 Å². The molecule has 1 saturated heterocycles. The fourth-order valence-electron chi connectivity index (χ4n) is 2.61. The van der Waals surface area contributed by atoms with Crippen molar-refractivity contribution in [3.05, 3.63) is 29.6 Å². The molecule has 0 spiro atoms. The summed E-state index contributed by atoms with van der Waals surface area (Å²) in [6.07, 6.45) is 0.632. The molecule has 0 atom stereocenters. The van der Waals surface area contributed by atoms with Crippen LogP contribution in [0.15, 0.2) is 18.2 Å². The van der Waals surface area contributed by atoms with Gasteiger partial charge < -0.3 is 19.8 Å². The lowest BCUT2D eigenvalue weighted by atomic mass is 9.91. The van der Waals surface area contributed by atoms with Gasteiger partial charge in [0.15, 0.2) is 17.2 Å². The van der Waals surface area contributed by atoms with Gasteiger partial charge in [0, 0.05) is 32.4 Å². The molecule has 1 fully saturated rings. The van der Waals surface area contributed by atoms with E-state index in [2.05, 4.69) is 0 Å². The van der Waals surface area contributed by atoms with Crippen molar-refractivity contribution in [1.82, 2.24) is 4.90 Å². The Balaban J connectivity index is 1.86. The molecule has 1 aromatic carbocycles. The van der Waals surface area contributed by atoms with Gasteiger partial charge in [0.2, 0.25) is 5.91 Å². The smallest absolute Gasteiger partial charge is 0.335 e. The first-order valence-electron chi connectivity index (χ1n) is 7.42. The lowest BCUT2D eigenvalue weighted by Crippen LogP contribution is -2.50. The van der Waals surface area contributed by atoms with Crippen LogP contribution in [0.4, 0.5) is 4.39 Å². The molecule has 6 nitrogen and oxygen atoms in total. The number of carbonyl (C=O) groups is 2. The second-order valence-electron chi connectivity index (χ2n) is 5.69. The molecule has 0 bridgehead atoms. The van der Waals surface area contributed by atoms with E-state index in [1.54, 1.807) is 6.07 Å². The van der Waals surface area contributed by atoms with Crippen LogP contribution in [-0.2, 0) is 16.0 Å². The van der Waals surface area contributed by atoms with Crippen molar-refractivity contribution in [3.8, 4) is 5.75 Å². The monoisotopic (exact) mass is 325 g/mol. The van der Waals surface area contributed by atoms with Gasteiger partial charge in [-0.2, -0.15) is 0 Å². The zero-order valence-electron chi connectivity index (χ0n) is 12.9. The van der Waals surface area contributed by atoms with Gasteiger partial charge in [-0.05, 0) is 24.1 Å². The molecule has 0 aromatic heterocycles. The number of rotatable bonds is 5. The SMILES string of the molecule is COc1ccc(CCC(=O)N2CCC(O)(C(=O)O)CC2)cc1F. The third kappa shape index (κ3) is 3.98. The first kappa shape index (κ1) is 17.2. The molecule has 0 aliphatic carbocycles. The molecule has 0 radical (unpaired) electrons. The Hall–Kier alpha value is -2.15. The number of carboxylic acids is 1. The number of nitrogens with zero attached hydrogens (tertiary/aromatic N) is 1. The first-order chi connectivity index (χ1) is 10.9. The second kappa shape index (κ2) is 6.95. The van der Waals surface area contributed by atoms with Crippen LogP contribution in [0.3, 0.4) is 0 Å². The number of carbonyl (C=O) groups excluding carboxylic acids is 1. The van der Waals surface area contributed by atoms with Gasteiger partial charge in [-0.15, -0.1) is 0 Å². The van der Waals surface area contributed by atoms with E-state index in [1.807, 2.05) is 0 Å². The second-order valence-corrected chi connectivity index (χ2v) is 5.69. The fraction of sp³-hybridized carbons (Fsp3) is 0.500. The molecular weight excluding hydrogens is 305 g/mol. The highest BCUT2D eigenvalue weighted by molar-refractivity contribution is 5.79. The summed E-state index contributed by atoms with van der Waals surface area (Å²) in [7, 11) is 1.39. The molecule has 0 saturated carbocycles. The van der Waals surface area contributed by atoms with E-state index in [9.17, 15) is 19.1 Å². The van der Waals surface area contributed by atoms with Crippen LogP contribution in [0, 0.1) is 5.82 Å². The predicted molar refractivity (Wildman–Crippen MR) is 79.7 cm³/mol. The Kier molecular flexibility index (Phi) is 5.20. The maximum absolute atomic E-state index is 13.6. The van der Waals surface area contributed by atoms with Gasteiger partial charge >= 0.3 is 5.97 Å².